The Balaban J connectivity index is 1.90. The van der Waals surface area contributed by atoms with Gasteiger partial charge in [0.25, 0.3) is 5.91 Å². The molecule has 0 radical (unpaired) electrons. The van der Waals surface area contributed by atoms with E-state index in [0.717, 1.165) is 0 Å². The third kappa shape index (κ3) is 2.81. The van der Waals surface area contributed by atoms with Crippen LogP contribution in [0.5, 0.6) is 5.75 Å². The Morgan fingerprint density at radius 3 is 2.67 bits per heavy atom. The number of rotatable bonds is 4. The lowest BCUT2D eigenvalue weighted by Crippen LogP contribution is -2.30. The smallest absolute Gasteiger partial charge is 0.294 e. The van der Waals surface area contributed by atoms with Gasteiger partial charge in [0.1, 0.15) is 11.8 Å². The molecule has 136 valence electrons. The molecule has 0 spiro atoms. The van der Waals surface area contributed by atoms with Crippen LogP contribution >= 0.6 is 22.9 Å². The van der Waals surface area contributed by atoms with Crippen molar-refractivity contribution in [3.05, 3.63) is 81.1 Å². The summed E-state index contributed by atoms with van der Waals surface area (Å²) >= 11 is 7.34. The first-order valence-corrected chi connectivity index (χ1v) is 9.11. The largest absolute Gasteiger partial charge is 0.506 e. The predicted molar refractivity (Wildman–Crippen MR) is 100 cm³/mol. The normalized spacial score (nSPS) is 17.0. The van der Waals surface area contributed by atoms with Crippen LogP contribution in [0.1, 0.15) is 21.5 Å². The summed E-state index contributed by atoms with van der Waals surface area (Å²) in [4.78, 5) is 27.6. The van der Waals surface area contributed by atoms with Gasteiger partial charge < -0.3 is 14.6 Å². The minimum absolute atomic E-state index is 0.00284. The number of phenolic OH excluding ortho intramolecular Hbond substituents is 1. The van der Waals surface area contributed by atoms with Gasteiger partial charge in [-0.15, -0.1) is 11.3 Å². The highest BCUT2D eigenvalue weighted by atomic mass is 35.5. The van der Waals surface area contributed by atoms with Gasteiger partial charge in [-0.3, -0.25) is 14.5 Å². The molecule has 27 heavy (non-hydrogen) atoms. The molecule has 1 atom stereocenters. The number of aromatic hydroxyl groups is 1. The van der Waals surface area contributed by atoms with E-state index in [9.17, 15) is 19.8 Å². The van der Waals surface area contributed by atoms with Gasteiger partial charge in [0.05, 0.1) is 17.5 Å². The van der Waals surface area contributed by atoms with Crippen molar-refractivity contribution < 1.29 is 24.2 Å². The summed E-state index contributed by atoms with van der Waals surface area (Å²) in [5.41, 5.74) is -0.0172. The van der Waals surface area contributed by atoms with Gasteiger partial charge in [-0.1, -0.05) is 17.7 Å². The average molecular weight is 402 g/mol. The summed E-state index contributed by atoms with van der Waals surface area (Å²) in [5, 5.41) is 22.9. The number of phenols is 1. The van der Waals surface area contributed by atoms with Crippen molar-refractivity contribution in [2.24, 2.45) is 0 Å². The number of hydrogen-bond donors (Lipinski definition) is 2. The highest BCUT2D eigenvalue weighted by molar-refractivity contribution is 7.10. The quantitative estimate of drug-likeness (QED) is 0.629. The van der Waals surface area contributed by atoms with E-state index in [4.69, 9.17) is 16.0 Å². The van der Waals surface area contributed by atoms with E-state index in [1.165, 1.54) is 46.8 Å². The van der Waals surface area contributed by atoms with Crippen molar-refractivity contribution >= 4 is 40.3 Å². The third-order valence-electron chi connectivity index (χ3n) is 4.21. The summed E-state index contributed by atoms with van der Waals surface area (Å²) in [6.45, 7) is 0. The molecule has 1 amide bonds. The molecule has 2 aromatic heterocycles. The van der Waals surface area contributed by atoms with Crippen LogP contribution in [0.4, 0.5) is 5.69 Å². The van der Waals surface area contributed by atoms with E-state index in [1.807, 2.05) is 0 Å². The minimum atomic E-state index is -0.917. The Hall–Kier alpha value is -3.03. The van der Waals surface area contributed by atoms with Crippen LogP contribution in [0, 0.1) is 0 Å². The Bertz CT molecular complexity index is 1060. The van der Waals surface area contributed by atoms with Crippen molar-refractivity contribution in [2.45, 2.75) is 6.04 Å². The second-order valence-corrected chi connectivity index (χ2v) is 7.21. The van der Waals surface area contributed by atoms with Crippen LogP contribution in [-0.4, -0.2) is 21.9 Å². The van der Waals surface area contributed by atoms with Gasteiger partial charge in [-0.25, -0.2) is 0 Å². The lowest BCUT2D eigenvalue weighted by atomic mass is 10.00. The van der Waals surface area contributed by atoms with Gasteiger partial charge in [0, 0.05) is 9.90 Å². The summed E-state index contributed by atoms with van der Waals surface area (Å²) < 4.78 is 5.15. The number of anilines is 1. The summed E-state index contributed by atoms with van der Waals surface area (Å²) in [6, 6.07) is 9.82. The van der Waals surface area contributed by atoms with Gasteiger partial charge in [-0.05, 0) is 41.8 Å². The van der Waals surface area contributed by atoms with Crippen molar-refractivity contribution in [2.75, 3.05) is 4.90 Å². The maximum Gasteiger partial charge on any atom is 0.294 e. The molecule has 1 aromatic carbocycles. The van der Waals surface area contributed by atoms with Crippen LogP contribution in [0.25, 0.3) is 0 Å². The predicted octanol–water partition coefficient (Wildman–Crippen LogP) is 4.48. The Labute approximate surface area is 162 Å². The zero-order chi connectivity index (χ0) is 19.1. The third-order valence-corrected chi connectivity index (χ3v) is 5.37. The number of aliphatic hydroxyl groups excluding tert-OH is 1. The summed E-state index contributed by atoms with van der Waals surface area (Å²) in [6.07, 6.45) is 1.34. The fourth-order valence-corrected chi connectivity index (χ4v) is 4.02. The van der Waals surface area contributed by atoms with Crippen LogP contribution in [0.15, 0.2) is 69.9 Å². The number of aliphatic hydroxyl groups is 1. The van der Waals surface area contributed by atoms with E-state index in [0.29, 0.717) is 9.90 Å². The summed E-state index contributed by atoms with van der Waals surface area (Å²) in [7, 11) is 0. The Morgan fingerprint density at radius 1 is 1.19 bits per heavy atom. The first-order chi connectivity index (χ1) is 13.0. The van der Waals surface area contributed by atoms with Crippen molar-refractivity contribution in [1.29, 1.82) is 0 Å². The molecule has 2 N–H and O–H groups in total. The SMILES string of the molecule is O=C(C1=C(O)C(=O)N(c2cc(Cl)ccc2O)C1c1cccs1)c1ccco1. The molecule has 0 saturated carbocycles. The van der Waals surface area contributed by atoms with E-state index in [1.54, 1.807) is 23.6 Å². The first-order valence-electron chi connectivity index (χ1n) is 7.86. The molecule has 1 aliphatic rings. The molecule has 8 heteroatoms. The Kier molecular flexibility index (Phi) is 4.25. The molecule has 6 nitrogen and oxygen atoms in total. The number of amides is 1. The molecule has 1 unspecified atom stereocenters. The molecule has 0 aliphatic carbocycles. The van der Waals surface area contributed by atoms with Crippen molar-refractivity contribution in [3.63, 3.8) is 0 Å². The maximum absolute atomic E-state index is 12.9. The van der Waals surface area contributed by atoms with Gasteiger partial charge in [-0.2, -0.15) is 0 Å². The van der Waals surface area contributed by atoms with Gasteiger partial charge in [0.2, 0.25) is 5.78 Å². The number of carbonyl (C=O) groups is 2. The standard InChI is InChI=1S/C19H12ClNO5S/c20-10-5-6-12(22)11(9-10)21-16(14-4-2-8-27-14)15(18(24)19(21)25)17(23)13-3-1-7-26-13/h1-9,16,22,24H. The lowest BCUT2D eigenvalue weighted by molar-refractivity contribution is -0.117. The molecule has 1 aliphatic heterocycles. The zero-order valence-electron chi connectivity index (χ0n) is 13.6. The van der Waals surface area contributed by atoms with E-state index in [-0.39, 0.29) is 22.8 Å². The topological polar surface area (TPSA) is 91.0 Å². The number of thiophene rings is 1. The minimum Gasteiger partial charge on any atom is -0.506 e. The van der Waals surface area contributed by atoms with Gasteiger partial charge >= 0.3 is 0 Å². The average Bonchev–Trinajstić information content (AvgIpc) is 3.39. The fraction of sp³-hybridized carbons (Fsp3) is 0.0526. The molecule has 3 heterocycles. The molecule has 0 saturated heterocycles. The molecule has 3 aromatic rings. The number of halogens is 1. The number of ketones is 1. The molecule has 0 fully saturated rings. The number of benzene rings is 1. The van der Waals surface area contributed by atoms with E-state index >= 15 is 0 Å². The van der Waals surface area contributed by atoms with Crippen LogP contribution in [0.2, 0.25) is 5.02 Å². The van der Waals surface area contributed by atoms with Crippen molar-refractivity contribution in [3.8, 4) is 5.75 Å². The second kappa shape index (κ2) is 6.61. The zero-order valence-corrected chi connectivity index (χ0v) is 15.2. The number of hydrogen-bond acceptors (Lipinski definition) is 6. The fourth-order valence-electron chi connectivity index (χ4n) is 3.03. The Morgan fingerprint density at radius 2 is 2.00 bits per heavy atom. The summed E-state index contributed by atoms with van der Waals surface area (Å²) in [5.74, 6) is -2.29. The number of carbonyl (C=O) groups excluding carboxylic acids is 2. The van der Waals surface area contributed by atoms with Crippen LogP contribution < -0.4 is 4.90 Å². The van der Waals surface area contributed by atoms with Crippen LogP contribution in [0.3, 0.4) is 0 Å². The monoisotopic (exact) mass is 401 g/mol. The molecule has 0 bridgehead atoms. The van der Waals surface area contributed by atoms with Crippen LogP contribution in [-0.2, 0) is 4.79 Å². The molecule has 4 rings (SSSR count). The number of furan rings is 1. The van der Waals surface area contributed by atoms with Gasteiger partial charge in [0.15, 0.2) is 11.5 Å². The molecular weight excluding hydrogens is 390 g/mol. The van der Waals surface area contributed by atoms with E-state index in [2.05, 4.69) is 0 Å². The number of Topliss-reactive ketones (excluding diaryl/α,β-unsaturated/α-hetero) is 1. The van der Waals surface area contributed by atoms with E-state index < -0.39 is 23.5 Å². The number of nitrogens with zero attached hydrogens (tertiary/aromatic N) is 1. The van der Waals surface area contributed by atoms with Crippen molar-refractivity contribution in [1.82, 2.24) is 0 Å². The lowest BCUT2D eigenvalue weighted by Gasteiger charge is -2.26. The highest BCUT2D eigenvalue weighted by Crippen LogP contribution is 2.46. The highest BCUT2D eigenvalue weighted by Gasteiger charge is 2.46. The molecular formula is C19H12ClNO5S. The maximum atomic E-state index is 12.9. The first kappa shape index (κ1) is 17.4. The second-order valence-electron chi connectivity index (χ2n) is 5.79.